The Morgan fingerprint density at radius 3 is 2.82 bits per heavy atom. The van der Waals surface area contributed by atoms with E-state index in [1.807, 2.05) is 6.26 Å². The average Bonchev–Trinajstić information content (AvgIpc) is 1.97. The fourth-order valence-electron chi connectivity index (χ4n) is 0.834. The van der Waals surface area contributed by atoms with Crippen LogP contribution in [0.15, 0.2) is 18.2 Å². The largest absolute Gasteiger partial charge is 0.508 e. The van der Waals surface area contributed by atoms with E-state index in [1.54, 1.807) is 30.0 Å². The van der Waals surface area contributed by atoms with Crippen molar-refractivity contribution in [2.75, 3.05) is 6.26 Å². The maximum atomic E-state index is 9.32. The van der Waals surface area contributed by atoms with Gasteiger partial charge in [-0.2, -0.15) is 11.8 Å². The van der Waals surface area contributed by atoms with Gasteiger partial charge in [-0.15, -0.1) is 0 Å². The molecule has 1 aromatic rings. The van der Waals surface area contributed by atoms with Gasteiger partial charge in [0.2, 0.25) is 0 Å². The first kappa shape index (κ1) is 8.75. The molecule has 0 saturated carbocycles. The van der Waals surface area contributed by atoms with Crippen LogP contribution < -0.4 is 0 Å². The molecule has 1 N–H and O–H groups in total. The van der Waals surface area contributed by atoms with Crippen LogP contribution in [0.4, 0.5) is 0 Å². The molecule has 0 aliphatic rings. The highest BCUT2D eigenvalue weighted by molar-refractivity contribution is 7.97. The Kier molecular flexibility index (Phi) is 3.09. The summed E-state index contributed by atoms with van der Waals surface area (Å²) in [6, 6.07) is 5.17. The summed E-state index contributed by atoms with van der Waals surface area (Å²) in [4.78, 5) is 0. The molecular formula is C8H9ClOS. The van der Waals surface area contributed by atoms with Crippen LogP contribution in [0.5, 0.6) is 5.75 Å². The zero-order valence-corrected chi connectivity index (χ0v) is 7.75. The van der Waals surface area contributed by atoms with Crippen LogP contribution >= 0.6 is 23.4 Å². The maximum Gasteiger partial charge on any atom is 0.121 e. The third kappa shape index (κ3) is 2.04. The van der Waals surface area contributed by atoms with Crippen molar-refractivity contribution < 1.29 is 5.11 Å². The van der Waals surface area contributed by atoms with Crippen molar-refractivity contribution in [3.05, 3.63) is 28.8 Å². The Hall–Kier alpha value is -0.340. The van der Waals surface area contributed by atoms with Crippen LogP contribution in [-0.2, 0) is 5.75 Å². The second kappa shape index (κ2) is 3.88. The van der Waals surface area contributed by atoms with Crippen LogP contribution in [0.1, 0.15) is 5.56 Å². The number of thioether (sulfide) groups is 1. The van der Waals surface area contributed by atoms with Crippen LogP contribution in [0.2, 0.25) is 5.02 Å². The molecule has 3 heteroatoms. The maximum absolute atomic E-state index is 9.32. The predicted molar refractivity (Wildman–Crippen MR) is 50.3 cm³/mol. The zero-order chi connectivity index (χ0) is 8.27. The van der Waals surface area contributed by atoms with Gasteiger partial charge >= 0.3 is 0 Å². The van der Waals surface area contributed by atoms with Gasteiger partial charge in [-0.05, 0) is 18.4 Å². The molecule has 1 nitrogen and oxygen atoms in total. The molecule has 0 radical (unpaired) electrons. The molecule has 11 heavy (non-hydrogen) atoms. The van der Waals surface area contributed by atoms with Gasteiger partial charge in [-0.1, -0.05) is 17.7 Å². The third-order valence-corrected chi connectivity index (χ3v) is 2.31. The Morgan fingerprint density at radius 1 is 1.55 bits per heavy atom. The summed E-state index contributed by atoms with van der Waals surface area (Å²) in [6.07, 6.45) is 1.97. The number of benzene rings is 1. The van der Waals surface area contributed by atoms with Crippen LogP contribution in [0.3, 0.4) is 0 Å². The lowest BCUT2D eigenvalue weighted by molar-refractivity contribution is 0.470. The fraction of sp³-hybridized carbons (Fsp3) is 0.250. The van der Waals surface area contributed by atoms with E-state index in [0.717, 1.165) is 11.3 Å². The summed E-state index contributed by atoms with van der Waals surface area (Å²) in [7, 11) is 0. The standard InChI is InChI=1S/C8H9ClOS/c1-11-5-6-7(9)3-2-4-8(6)10/h2-4,10H,5H2,1H3. The number of phenols is 1. The predicted octanol–water partition coefficient (Wildman–Crippen LogP) is 2.91. The normalized spacial score (nSPS) is 10.0. The number of rotatable bonds is 2. The highest BCUT2D eigenvalue weighted by Crippen LogP contribution is 2.27. The van der Waals surface area contributed by atoms with E-state index in [1.165, 1.54) is 0 Å². The first-order valence-electron chi connectivity index (χ1n) is 3.21. The van der Waals surface area contributed by atoms with Crippen molar-refractivity contribution in [2.45, 2.75) is 5.75 Å². The van der Waals surface area contributed by atoms with Crippen molar-refractivity contribution in [3.8, 4) is 5.75 Å². The van der Waals surface area contributed by atoms with Crippen molar-refractivity contribution in [3.63, 3.8) is 0 Å². The number of phenolic OH excluding ortho intramolecular Hbond substituents is 1. The molecule has 0 saturated heterocycles. The molecule has 0 fully saturated rings. The van der Waals surface area contributed by atoms with Gasteiger partial charge in [0, 0.05) is 16.3 Å². The molecular weight excluding hydrogens is 180 g/mol. The molecule has 0 heterocycles. The third-order valence-electron chi connectivity index (χ3n) is 1.38. The Balaban J connectivity index is 3.00. The molecule has 0 amide bonds. The van der Waals surface area contributed by atoms with E-state index in [4.69, 9.17) is 11.6 Å². The zero-order valence-electron chi connectivity index (χ0n) is 6.17. The van der Waals surface area contributed by atoms with Gasteiger partial charge < -0.3 is 5.11 Å². The molecule has 0 aromatic heterocycles. The molecule has 0 atom stereocenters. The van der Waals surface area contributed by atoms with E-state index < -0.39 is 0 Å². The molecule has 0 unspecified atom stereocenters. The monoisotopic (exact) mass is 188 g/mol. The minimum absolute atomic E-state index is 0.284. The number of aromatic hydroxyl groups is 1. The summed E-state index contributed by atoms with van der Waals surface area (Å²) >= 11 is 7.47. The summed E-state index contributed by atoms with van der Waals surface area (Å²) in [6.45, 7) is 0. The molecule has 0 aliphatic heterocycles. The lowest BCUT2D eigenvalue weighted by Crippen LogP contribution is -1.82. The smallest absolute Gasteiger partial charge is 0.121 e. The highest BCUT2D eigenvalue weighted by atomic mass is 35.5. The lowest BCUT2D eigenvalue weighted by Gasteiger charge is -2.03. The van der Waals surface area contributed by atoms with Crippen LogP contribution in [0.25, 0.3) is 0 Å². The van der Waals surface area contributed by atoms with Crippen molar-refractivity contribution in [1.82, 2.24) is 0 Å². The van der Waals surface area contributed by atoms with E-state index in [0.29, 0.717) is 5.02 Å². The first-order valence-corrected chi connectivity index (χ1v) is 4.98. The summed E-state index contributed by atoms with van der Waals surface area (Å²) in [5.41, 5.74) is 0.821. The minimum Gasteiger partial charge on any atom is -0.508 e. The highest BCUT2D eigenvalue weighted by Gasteiger charge is 2.03. The SMILES string of the molecule is CSCc1c(O)cccc1Cl. The first-order chi connectivity index (χ1) is 5.25. The summed E-state index contributed by atoms with van der Waals surface area (Å²) in [5, 5.41) is 9.96. The van der Waals surface area contributed by atoms with Gasteiger partial charge in [0.1, 0.15) is 5.75 Å². The number of hydrogen-bond donors (Lipinski definition) is 1. The number of halogens is 1. The molecule has 0 aliphatic carbocycles. The topological polar surface area (TPSA) is 20.2 Å². The molecule has 1 aromatic carbocycles. The van der Waals surface area contributed by atoms with E-state index in [-0.39, 0.29) is 5.75 Å². The second-order valence-corrected chi connectivity index (χ2v) is 3.44. The number of hydrogen-bond acceptors (Lipinski definition) is 2. The quantitative estimate of drug-likeness (QED) is 0.770. The van der Waals surface area contributed by atoms with E-state index in [2.05, 4.69) is 0 Å². The van der Waals surface area contributed by atoms with Crippen molar-refractivity contribution >= 4 is 23.4 Å². The van der Waals surface area contributed by atoms with Crippen molar-refractivity contribution in [1.29, 1.82) is 0 Å². The van der Waals surface area contributed by atoms with Gasteiger partial charge in [-0.25, -0.2) is 0 Å². The molecule has 0 bridgehead atoms. The average molecular weight is 189 g/mol. The molecule has 60 valence electrons. The minimum atomic E-state index is 0.284. The lowest BCUT2D eigenvalue weighted by atomic mass is 10.2. The Morgan fingerprint density at radius 2 is 2.27 bits per heavy atom. The van der Waals surface area contributed by atoms with Gasteiger partial charge in [0.15, 0.2) is 0 Å². The Bertz CT molecular complexity index is 230. The summed E-state index contributed by atoms with van der Waals surface area (Å²) < 4.78 is 0. The van der Waals surface area contributed by atoms with Crippen LogP contribution in [0, 0.1) is 0 Å². The van der Waals surface area contributed by atoms with Gasteiger partial charge in [0.05, 0.1) is 0 Å². The van der Waals surface area contributed by atoms with Crippen molar-refractivity contribution in [2.24, 2.45) is 0 Å². The fourth-order valence-corrected chi connectivity index (χ4v) is 1.74. The van der Waals surface area contributed by atoms with E-state index >= 15 is 0 Å². The molecule has 1 rings (SSSR count). The second-order valence-electron chi connectivity index (χ2n) is 2.17. The molecule has 0 spiro atoms. The van der Waals surface area contributed by atoms with E-state index in [9.17, 15) is 5.11 Å². The summed E-state index contributed by atoms with van der Waals surface area (Å²) in [5.74, 6) is 1.04. The Labute approximate surface area is 75.4 Å². The van der Waals surface area contributed by atoms with Gasteiger partial charge in [0.25, 0.3) is 0 Å². The van der Waals surface area contributed by atoms with Crippen LogP contribution in [-0.4, -0.2) is 11.4 Å². The van der Waals surface area contributed by atoms with Gasteiger partial charge in [-0.3, -0.25) is 0 Å².